The number of benzene rings is 4. The van der Waals surface area contributed by atoms with Crippen LogP contribution < -0.4 is 19.5 Å². The van der Waals surface area contributed by atoms with E-state index in [0.29, 0.717) is 39.3 Å². The summed E-state index contributed by atoms with van der Waals surface area (Å²) in [6.45, 7) is 0.236. The molecule has 0 unspecified atom stereocenters. The molecule has 1 N–H and O–H groups in total. The standard InChI is InChI=1S/C27H22ClNO4/c1-31-25-16-11-19(17-20(25)18-32-22-14-12-21(28)13-15-22)27(30)29-24-9-5-6-10-26(24)33-23-7-3-2-4-8-23/h2-17H,18H2,1H3,(H,29,30). The Labute approximate surface area is 197 Å². The second-order valence-corrected chi connectivity index (χ2v) is 7.57. The van der Waals surface area contributed by atoms with Gasteiger partial charge in [0.05, 0.1) is 12.8 Å². The highest BCUT2D eigenvalue weighted by molar-refractivity contribution is 6.30. The molecule has 0 aliphatic heterocycles. The molecule has 0 aliphatic carbocycles. The van der Waals surface area contributed by atoms with E-state index in [0.717, 1.165) is 5.56 Å². The molecule has 5 nitrogen and oxygen atoms in total. The quantitative estimate of drug-likeness (QED) is 0.309. The summed E-state index contributed by atoms with van der Waals surface area (Å²) in [7, 11) is 1.58. The van der Waals surface area contributed by atoms with Gasteiger partial charge in [-0.2, -0.15) is 0 Å². The normalized spacial score (nSPS) is 10.4. The molecule has 166 valence electrons. The summed E-state index contributed by atoms with van der Waals surface area (Å²) in [6, 6.07) is 29.0. The minimum atomic E-state index is -0.269. The predicted octanol–water partition coefficient (Wildman–Crippen LogP) is 6.97. The fourth-order valence-electron chi connectivity index (χ4n) is 3.19. The molecule has 0 aromatic heterocycles. The monoisotopic (exact) mass is 459 g/mol. The maximum Gasteiger partial charge on any atom is 0.255 e. The van der Waals surface area contributed by atoms with E-state index in [1.165, 1.54) is 0 Å². The molecule has 0 aliphatic rings. The maximum absolute atomic E-state index is 13.0. The molecule has 33 heavy (non-hydrogen) atoms. The molecule has 0 heterocycles. The second kappa shape index (κ2) is 10.6. The van der Waals surface area contributed by atoms with Gasteiger partial charge in [-0.1, -0.05) is 41.9 Å². The van der Waals surface area contributed by atoms with Crippen LogP contribution in [0.5, 0.6) is 23.0 Å². The number of para-hydroxylation sites is 3. The van der Waals surface area contributed by atoms with Gasteiger partial charge in [0.1, 0.15) is 23.9 Å². The Morgan fingerprint density at radius 3 is 2.30 bits per heavy atom. The highest BCUT2D eigenvalue weighted by Crippen LogP contribution is 2.30. The second-order valence-electron chi connectivity index (χ2n) is 7.13. The summed E-state index contributed by atoms with van der Waals surface area (Å²) < 4.78 is 17.2. The average molecular weight is 460 g/mol. The summed E-state index contributed by atoms with van der Waals surface area (Å²) >= 11 is 5.93. The van der Waals surface area contributed by atoms with Crippen LogP contribution in [0.15, 0.2) is 97.1 Å². The molecule has 4 rings (SSSR count). The van der Waals surface area contributed by atoms with Gasteiger partial charge in [0.15, 0.2) is 5.75 Å². The molecule has 0 atom stereocenters. The van der Waals surface area contributed by atoms with Gasteiger partial charge in [-0.3, -0.25) is 4.79 Å². The van der Waals surface area contributed by atoms with Crippen molar-refractivity contribution in [3.63, 3.8) is 0 Å². The van der Waals surface area contributed by atoms with E-state index in [4.69, 9.17) is 25.8 Å². The first-order valence-corrected chi connectivity index (χ1v) is 10.7. The van der Waals surface area contributed by atoms with E-state index in [2.05, 4.69) is 5.32 Å². The minimum Gasteiger partial charge on any atom is -0.496 e. The molecule has 0 saturated carbocycles. The zero-order chi connectivity index (χ0) is 23.0. The third-order valence-corrected chi connectivity index (χ3v) is 5.11. The molecule has 1 amide bonds. The Balaban J connectivity index is 1.50. The molecule has 4 aromatic rings. The van der Waals surface area contributed by atoms with E-state index in [9.17, 15) is 4.79 Å². The number of halogens is 1. The highest BCUT2D eigenvalue weighted by Gasteiger charge is 2.14. The van der Waals surface area contributed by atoms with Crippen molar-refractivity contribution < 1.29 is 19.0 Å². The van der Waals surface area contributed by atoms with Crippen LogP contribution in [0.3, 0.4) is 0 Å². The number of carbonyl (C=O) groups excluding carboxylic acids is 1. The number of rotatable bonds is 8. The minimum absolute atomic E-state index is 0.236. The highest BCUT2D eigenvalue weighted by atomic mass is 35.5. The smallest absolute Gasteiger partial charge is 0.255 e. The third-order valence-electron chi connectivity index (χ3n) is 4.86. The van der Waals surface area contributed by atoms with E-state index < -0.39 is 0 Å². The van der Waals surface area contributed by atoms with Crippen LogP contribution in [-0.4, -0.2) is 13.0 Å². The van der Waals surface area contributed by atoms with Crippen LogP contribution in [0.4, 0.5) is 5.69 Å². The zero-order valence-corrected chi connectivity index (χ0v) is 18.7. The molecule has 0 saturated heterocycles. The topological polar surface area (TPSA) is 56.8 Å². The van der Waals surface area contributed by atoms with Gasteiger partial charge in [-0.05, 0) is 66.7 Å². The van der Waals surface area contributed by atoms with Gasteiger partial charge in [-0.25, -0.2) is 0 Å². The number of hydrogen-bond acceptors (Lipinski definition) is 4. The van der Waals surface area contributed by atoms with Crippen LogP contribution in [0, 0.1) is 0 Å². The molecule has 0 fully saturated rings. The van der Waals surface area contributed by atoms with Gasteiger partial charge in [0.2, 0.25) is 0 Å². The number of methoxy groups -OCH3 is 1. The predicted molar refractivity (Wildman–Crippen MR) is 130 cm³/mol. The van der Waals surface area contributed by atoms with Gasteiger partial charge in [-0.15, -0.1) is 0 Å². The Morgan fingerprint density at radius 2 is 1.55 bits per heavy atom. The van der Waals surface area contributed by atoms with Crippen molar-refractivity contribution in [2.45, 2.75) is 6.61 Å². The van der Waals surface area contributed by atoms with Crippen molar-refractivity contribution in [2.24, 2.45) is 0 Å². The van der Waals surface area contributed by atoms with Crippen molar-refractivity contribution in [1.82, 2.24) is 0 Å². The number of ether oxygens (including phenoxy) is 3. The lowest BCUT2D eigenvalue weighted by Crippen LogP contribution is -2.13. The van der Waals surface area contributed by atoms with E-state index in [1.54, 1.807) is 55.6 Å². The average Bonchev–Trinajstić information content (AvgIpc) is 2.85. The number of amides is 1. The van der Waals surface area contributed by atoms with E-state index in [1.807, 2.05) is 48.5 Å². The molecule has 0 bridgehead atoms. The summed E-state index contributed by atoms with van der Waals surface area (Å²) in [5.74, 6) is 2.27. The lowest BCUT2D eigenvalue weighted by atomic mass is 10.1. The van der Waals surface area contributed by atoms with Crippen molar-refractivity contribution in [2.75, 3.05) is 12.4 Å². The zero-order valence-electron chi connectivity index (χ0n) is 18.0. The maximum atomic E-state index is 13.0. The van der Waals surface area contributed by atoms with Gasteiger partial charge >= 0.3 is 0 Å². The number of hydrogen-bond donors (Lipinski definition) is 1. The van der Waals surface area contributed by atoms with Crippen molar-refractivity contribution in [1.29, 1.82) is 0 Å². The van der Waals surface area contributed by atoms with Crippen LogP contribution in [-0.2, 0) is 6.61 Å². The Hall–Kier alpha value is -3.96. The fourth-order valence-corrected chi connectivity index (χ4v) is 3.32. The molecular weight excluding hydrogens is 438 g/mol. The molecular formula is C27H22ClNO4. The summed E-state index contributed by atoms with van der Waals surface area (Å²) in [6.07, 6.45) is 0. The number of carbonyl (C=O) groups is 1. The first kappa shape index (κ1) is 22.2. The number of nitrogens with one attached hydrogen (secondary N) is 1. The van der Waals surface area contributed by atoms with Crippen LogP contribution in [0.1, 0.15) is 15.9 Å². The van der Waals surface area contributed by atoms with E-state index in [-0.39, 0.29) is 12.5 Å². The Morgan fingerprint density at radius 1 is 0.818 bits per heavy atom. The van der Waals surface area contributed by atoms with Crippen molar-refractivity contribution in [3.8, 4) is 23.0 Å². The van der Waals surface area contributed by atoms with Gasteiger partial charge < -0.3 is 19.5 Å². The lowest BCUT2D eigenvalue weighted by Gasteiger charge is -2.14. The van der Waals surface area contributed by atoms with Gasteiger partial charge in [0, 0.05) is 16.1 Å². The molecule has 4 aromatic carbocycles. The Kier molecular flexibility index (Phi) is 7.12. The fraction of sp³-hybridized carbons (Fsp3) is 0.0741. The van der Waals surface area contributed by atoms with Crippen LogP contribution in [0.25, 0.3) is 0 Å². The molecule has 6 heteroatoms. The third kappa shape index (κ3) is 5.84. The van der Waals surface area contributed by atoms with Crippen LogP contribution >= 0.6 is 11.6 Å². The summed E-state index contributed by atoms with van der Waals surface area (Å²) in [5.41, 5.74) is 1.79. The molecule has 0 radical (unpaired) electrons. The van der Waals surface area contributed by atoms with Crippen molar-refractivity contribution >= 4 is 23.2 Å². The van der Waals surface area contributed by atoms with Crippen LogP contribution in [0.2, 0.25) is 5.02 Å². The summed E-state index contributed by atoms with van der Waals surface area (Å²) in [5, 5.41) is 3.57. The first-order chi connectivity index (χ1) is 16.1. The first-order valence-electron chi connectivity index (χ1n) is 10.3. The summed E-state index contributed by atoms with van der Waals surface area (Å²) in [4.78, 5) is 13.0. The SMILES string of the molecule is COc1ccc(C(=O)Nc2ccccc2Oc2ccccc2)cc1COc1ccc(Cl)cc1. The Bertz CT molecular complexity index is 1230. The van der Waals surface area contributed by atoms with E-state index >= 15 is 0 Å². The lowest BCUT2D eigenvalue weighted by molar-refractivity contribution is 0.102. The van der Waals surface area contributed by atoms with Crippen molar-refractivity contribution in [3.05, 3.63) is 113 Å². The largest absolute Gasteiger partial charge is 0.496 e. The molecule has 0 spiro atoms. The number of anilines is 1. The van der Waals surface area contributed by atoms with Gasteiger partial charge in [0.25, 0.3) is 5.91 Å².